The van der Waals surface area contributed by atoms with Gasteiger partial charge in [0.15, 0.2) is 5.96 Å². The lowest BCUT2D eigenvalue weighted by atomic mass is 9.98. The molecule has 1 atom stereocenters. The zero-order chi connectivity index (χ0) is 20.7. The van der Waals surface area contributed by atoms with E-state index < -0.39 is 5.60 Å². The summed E-state index contributed by atoms with van der Waals surface area (Å²) in [6, 6.07) is 8.14. The molecule has 7 nitrogen and oxygen atoms in total. The zero-order valence-corrected chi connectivity index (χ0v) is 17.8. The molecule has 1 amide bonds. The Hall–Kier alpha value is -2.44. The fourth-order valence-corrected chi connectivity index (χ4v) is 3.02. The average molecular weight is 391 g/mol. The van der Waals surface area contributed by atoms with E-state index in [9.17, 15) is 4.79 Å². The molecule has 0 saturated carbocycles. The second-order valence-corrected chi connectivity index (χ2v) is 8.16. The largest absolute Gasteiger partial charge is 0.497 e. The Morgan fingerprint density at radius 2 is 1.71 bits per heavy atom. The number of rotatable bonds is 5. The van der Waals surface area contributed by atoms with E-state index in [1.54, 1.807) is 12.0 Å². The minimum Gasteiger partial charge on any atom is -0.497 e. The Morgan fingerprint density at radius 1 is 1.14 bits per heavy atom. The first-order chi connectivity index (χ1) is 13.2. The minimum atomic E-state index is -0.477. The van der Waals surface area contributed by atoms with Crippen molar-refractivity contribution in [3.63, 3.8) is 0 Å². The van der Waals surface area contributed by atoms with Crippen LogP contribution in [-0.4, -0.2) is 67.3 Å². The van der Waals surface area contributed by atoms with Crippen molar-refractivity contribution in [2.24, 2.45) is 10.7 Å². The third-order valence-electron chi connectivity index (χ3n) is 4.78. The third kappa shape index (κ3) is 6.62. The van der Waals surface area contributed by atoms with Gasteiger partial charge in [-0.2, -0.15) is 0 Å². The zero-order valence-electron chi connectivity index (χ0n) is 17.8. The summed E-state index contributed by atoms with van der Waals surface area (Å²) in [4.78, 5) is 20.4. The molecule has 0 spiro atoms. The Bertz CT molecular complexity index is 659. The van der Waals surface area contributed by atoms with E-state index in [0.717, 1.165) is 12.2 Å². The van der Waals surface area contributed by atoms with Crippen molar-refractivity contribution in [1.29, 1.82) is 0 Å². The van der Waals surface area contributed by atoms with Crippen molar-refractivity contribution in [3.8, 4) is 5.75 Å². The van der Waals surface area contributed by atoms with E-state index in [2.05, 4.69) is 24.0 Å². The van der Waals surface area contributed by atoms with Gasteiger partial charge < -0.3 is 25.0 Å². The van der Waals surface area contributed by atoms with Crippen LogP contribution in [0.4, 0.5) is 4.79 Å². The molecule has 1 unspecified atom stereocenters. The molecule has 1 aliphatic heterocycles. The van der Waals surface area contributed by atoms with Crippen LogP contribution in [0.15, 0.2) is 29.3 Å². The van der Waals surface area contributed by atoms with Crippen LogP contribution in [0.3, 0.4) is 0 Å². The maximum Gasteiger partial charge on any atom is 0.410 e. The van der Waals surface area contributed by atoms with Crippen molar-refractivity contribution in [2.45, 2.75) is 45.6 Å². The number of hydrogen-bond donors (Lipinski definition) is 1. The van der Waals surface area contributed by atoms with Crippen LogP contribution in [0.1, 0.15) is 45.6 Å². The van der Waals surface area contributed by atoms with Gasteiger partial charge in [-0.05, 0) is 50.8 Å². The van der Waals surface area contributed by atoms with Gasteiger partial charge in [-0.15, -0.1) is 0 Å². The summed E-state index contributed by atoms with van der Waals surface area (Å²) in [5.74, 6) is 1.81. The molecule has 1 aromatic rings. The molecule has 7 heteroatoms. The molecule has 156 valence electrons. The number of ether oxygens (including phenoxy) is 2. The second-order valence-electron chi connectivity index (χ2n) is 8.16. The smallest absolute Gasteiger partial charge is 0.410 e. The molecule has 0 bridgehead atoms. The number of piperazine rings is 1. The van der Waals surface area contributed by atoms with Gasteiger partial charge >= 0.3 is 6.09 Å². The number of nitrogens with zero attached hydrogens (tertiary/aromatic N) is 3. The number of carbonyl (C=O) groups excluding carboxylic acids is 1. The van der Waals surface area contributed by atoms with Gasteiger partial charge in [0.25, 0.3) is 0 Å². The normalized spacial score (nSPS) is 16.7. The van der Waals surface area contributed by atoms with Crippen LogP contribution >= 0.6 is 0 Å². The maximum atomic E-state index is 12.1. The summed E-state index contributed by atoms with van der Waals surface area (Å²) in [5, 5.41) is 0. The summed E-state index contributed by atoms with van der Waals surface area (Å²) in [6.07, 6.45) is 0.654. The van der Waals surface area contributed by atoms with Crippen molar-refractivity contribution in [1.82, 2.24) is 9.80 Å². The molecule has 0 radical (unpaired) electrons. The number of carbonyl (C=O) groups is 1. The number of nitrogens with two attached hydrogens (primary N) is 1. The maximum absolute atomic E-state index is 12.1. The molecule has 2 N–H and O–H groups in total. The van der Waals surface area contributed by atoms with Crippen LogP contribution in [0, 0.1) is 0 Å². The van der Waals surface area contributed by atoms with E-state index in [4.69, 9.17) is 15.2 Å². The van der Waals surface area contributed by atoms with Gasteiger partial charge in [-0.3, -0.25) is 4.99 Å². The van der Waals surface area contributed by atoms with Crippen molar-refractivity contribution in [3.05, 3.63) is 29.8 Å². The van der Waals surface area contributed by atoms with Crippen LogP contribution < -0.4 is 10.5 Å². The Labute approximate surface area is 168 Å². The highest BCUT2D eigenvalue weighted by molar-refractivity contribution is 5.78. The lowest BCUT2D eigenvalue weighted by molar-refractivity contribution is 0.0186. The van der Waals surface area contributed by atoms with Gasteiger partial charge in [-0.1, -0.05) is 19.1 Å². The van der Waals surface area contributed by atoms with Gasteiger partial charge in [0.05, 0.1) is 7.11 Å². The predicted octanol–water partition coefficient (Wildman–Crippen LogP) is 3.06. The average Bonchev–Trinajstić information content (AvgIpc) is 2.66. The molecular weight excluding hydrogens is 356 g/mol. The van der Waals surface area contributed by atoms with E-state index in [-0.39, 0.29) is 6.09 Å². The lowest BCUT2D eigenvalue weighted by Gasteiger charge is -2.36. The monoisotopic (exact) mass is 390 g/mol. The molecule has 28 heavy (non-hydrogen) atoms. The highest BCUT2D eigenvalue weighted by atomic mass is 16.6. The highest BCUT2D eigenvalue weighted by Gasteiger charge is 2.26. The Balaban J connectivity index is 1.77. The molecule has 1 heterocycles. The Morgan fingerprint density at radius 3 is 2.25 bits per heavy atom. The molecule has 1 saturated heterocycles. The molecular formula is C21H34N4O3. The summed E-state index contributed by atoms with van der Waals surface area (Å²) in [7, 11) is 1.67. The van der Waals surface area contributed by atoms with E-state index in [1.165, 1.54) is 5.56 Å². The number of aliphatic imine (C=N–C) groups is 1. The summed E-state index contributed by atoms with van der Waals surface area (Å²) >= 11 is 0. The fourth-order valence-electron chi connectivity index (χ4n) is 3.02. The first-order valence-electron chi connectivity index (χ1n) is 9.86. The topological polar surface area (TPSA) is 80.4 Å². The van der Waals surface area contributed by atoms with E-state index in [0.29, 0.717) is 44.6 Å². The summed E-state index contributed by atoms with van der Waals surface area (Å²) < 4.78 is 10.6. The number of amides is 1. The molecule has 1 aromatic carbocycles. The fraction of sp³-hybridized carbons (Fsp3) is 0.619. The van der Waals surface area contributed by atoms with Gasteiger partial charge in [-0.25, -0.2) is 4.79 Å². The highest BCUT2D eigenvalue weighted by Crippen LogP contribution is 2.21. The number of methoxy groups -OCH3 is 1. The van der Waals surface area contributed by atoms with Crippen LogP contribution in [0.2, 0.25) is 0 Å². The van der Waals surface area contributed by atoms with Crippen molar-refractivity contribution in [2.75, 3.05) is 39.8 Å². The predicted molar refractivity (Wildman–Crippen MR) is 112 cm³/mol. The first-order valence-corrected chi connectivity index (χ1v) is 9.86. The summed E-state index contributed by atoms with van der Waals surface area (Å²) in [6.45, 7) is 11.0. The first kappa shape index (κ1) is 21.9. The standard InChI is InChI=1S/C21H34N4O3/c1-16(17-6-8-18(27-5)9-7-17)10-11-23-19(22)24-12-14-25(15-13-24)20(26)28-21(2,3)4/h6-9,16H,10-15H2,1-5H3,(H2,22,23). The second kappa shape index (κ2) is 9.66. The third-order valence-corrected chi connectivity index (χ3v) is 4.78. The van der Waals surface area contributed by atoms with Crippen LogP contribution in [-0.2, 0) is 4.74 Å². The SMILES string of the molecule is COc1ccc(C(C)CCN=C(N)N2CCN(C(=O)OC(C)(C)C)CC2)cc1. The quantitative estimate of drug-likeness (QED) is 0.617. The Kier molecular flexibility index (Phi) is 7.54. The number of hydrogen-bond acceptors (Lipinski definition) is 4. The summed E-state index contributed by atoms with van der Waals surface area (Å²) in [5.41, 5.74) is 6.95. The van der Waals surface area contributed by atoms with Crippen LogP contribution in [0.25, 0.3) is 0 Å². The van der Waals surface area contributed by atoms with Gasteiger partial charge in [0, 0.05) is 32.7 Å². The van der Waals surface area contributed by atoms with Gasteiger partial charge in [0.1, 0.15) is 11.4 Å². The van der Waals surface area contributed by atoms with Crippen LogP contribution in [0.5, 0.6) is 5.75 Å². The molecule has 0 aliphatic carbocycles. The van der Waals surface area contributed by atoms with E-state index in [1.807, 2.05) is 37.8 Å². The number of guanidine groups is 1. The lowest BCUT2D eigenvalue weighted by Crippen LogP contribution is -2.53. The minimum absolute atomic E-state index is 0.268. The molecule has 1 fully saturated rings. The number of benzene rings is 1. The van der Waals surface area contributed by atoms with E-state index >= 15 is 0 Å². The van der Waals surface area contributed by atoms with Crippen molar-refractivity contribution >= 4 is 12.1 Å². The van der Waals surface area contributed by atoms with Crippen molar-refractivity contribution < 1.29 is 14.3 Å². The molecule has 0 aromatic heterocycles. The molecule has 2 rings (SSSR count). The van der Waals surface area contributed by atoms with Gasteiger partial charge in [0.2, 0.25) is 0 Å². The molecule has 1 aliphatic rings.